The number of amides is 1. The molecule has 1 saturated heterocycles. The average Bonchev–Trinajstić information content (AvgIpc) is 3.24. The Labute approximate surface area is 164 Å². The molecule has 2 aliphatic carbocycles. The Kier molecular flexibility index (Phi) is 5.37. The summed E-state index contributed by atoms with van der Waals surface area (Å²) < 4.78 is 6.77. The van der Waals surface area contributed by atoms with Gasteiger partial charge >= 0.3 is 0 Å². The lowest BCUT2D eigenvalue weighted by molar-refractivity contribution is -0.135. The molecule has 1 aromatic carbocycles. The fourth-order valence-electron chi connectivity index (χ4n) is 4.62. The molecule has 3 aliphatic rings. The summed E-state index contributed by atoms with van der Waals surface area (Å²) in [6.45, 7) is 6.92. The van der Waals surface area contributed by atoms with E-state index in [1.54, 1.807) is 0 Å². The smallest absolute Gasteiger partial charge is 0.260 e. The highest BCUT2D eigenvalue weighted by molar-refractivity contribution is 9.10. The van der Waals surface area contributed by atoms with Gasteiger partial charge in [0.1, 0.15) is 5.75 Å². The maximum atomic E-state index is 12.5. The van der Waals surface area contributed by atoms with Crippen LogP contribution in [-0.2, 0) is 4.79 Å². The van der Waals surface area contributed by atoms with E-state index in [-0.39, 0.29) is 12.5 Å². The Hall–Kier alpha value is -1.33. The third kappa shape index (κ3) is 3.99. The van der Waals surface area contributed by atoms with Gasteiger partial charge in [0, 0.05) is 37.2 Å². The predicted molar refractivity (Wildman–Crippen MR) is 106 cm³/mol. The number of nitrogens with zero attached hydrogens (tertiary/aromatic N) is 2. The fraction of sp³-hybridized carbons (Fsp3) is 0.571. The van der Waals surface area contributed by atoms with Gasteiger partial charge in [0.15, 0.2) is 6.61 Å². The molecule has 0 radical (unpaired) electrons. The number of ether oxygens (including phenoxy) is 1. The van der Waals surface area contributed by atoms with Crippen LogP contribution in [0.3, 0.4) is 0 Å². The minimum atomic E-state index is 0.0924. The lowest BCUT2D eigenvalue weighted by atomic mass is 9.93. The average molecular weight is 419 g/mol. The van der Waals surface area contributed by atoms with Gasteiger partial charge in [0.25, 0.3) is 5.91 Å². The Morgan fingerprint density at radius 1 is 1.19 bits per heavy atom. The highest BCUT2D eigenvalue weighted by Gasteiger charge is 2.36. The fourth-order valence-corrected chi connectivity index (χ4v) is 5.10. The lowest BCUT2D eigenvalue weighted by Gasteiger charge is -2.36. The van der Waals surface area contributed by atoms with Gasteiger partial charge in [-0.1, -0.05) is 28.1 Å². The maximum Gasteiger partial charge on any atom is 0.260 e. The predicted octanol–water partition coefficient (Wildman–Crippen LogP) is 3.49. The van der Waals surface area contributed by atoms with Crippen molar-refractivity contribution in [3.8, 4) is 5.75 Å². The van der Waals surface area contributed by atoms with Gasteiger partial charge in [-0.3, -0.25) is 9.69 Å². The summed E-state index contributed by atoms with van der Waals surface area (Å²) in [6.07, 6.45) is 7.57. The summed E-state index contributed by atoms with van der Waals surface area (Å²) >= 11 is 3.45. The second-order valence-corrected chi connectivity index (χ2v) is 8.84. The van der Waals surface area contributed by atoms with E-state index < -0.39 is 0 Å². The molecular weight excluding hydrogens is 392 g/mol. The van der Waals surface area contributed by atoms with Crippen LogP contribution in [-0.4, -0.2) is 55.0 Å². The molecule has 1 heterocycles. The van der Waals surface area contributed by atoms with E-state index in [2.05, 4.69) is 33.0 Å². The van der Waals surface area contributed by atoms with E-state index in [4.69, 9.17) is 4.74 Å². The minimum absolute atomic E-state index is 0.0924. The zero-order chi connectivity index (χ0) is 18.1. The van der Waals surface area contributed by atoms with Crippen molar-refractivity contribution in [3.63, 3.8) is 0 Å². The molecule has 3 atom stereocenters. The molecule has 1 amide bonds. The SMILES string of the molecule is Cc1cc(Br)ccc1OCC(=O)N1CCN(C[C@@H]2CC3C=CC2C3)CC1. The first-order chi connectivity index (χ1) is 12.6. The largest absolute Gasteiger partial charge is 0.483 e. The molecule has 5 heteroatoms. The molecule has 0 aromatic heterocycles. The van der Waals surface area contributed by atoms with Crippen molar-refractivity contribution in [2.45, 2.75) is 19.8 Å². The molecule has 140 valence electrons. The quantitative estimate of drug-likeness (QED) is 0.685. The summed E-state index contributed by atoms with van der Waals surface area (Å²) in [4.78, 5) is 17.0. The van der Waals surface area contributed by atoms with E-state index in [0.717, 1.165) is 59.7 Å². The molecular formula is C21H27BrN2O2. The highest BCUT2D eigenvalue weighted by Crippen LogP contribution is 2.43. The molecule has 2 unspecified atom stereocenters. The molecule has 1 aliphatic heterocycles. The molecule has 1 saturated carbocycles. The zero-order valence-corrected chi connectivity index (χ0v) is 17.0. The Morgan fingerprint density at radius 2 is 2.00 bits per heavy atom. The number of piperazine rings is 1. The standard InChI is InChI=1S/C21H27BrN2O2/c1-15-10-19(22)4-5-20(15)26-14-21(25)24-8-6-23(7-9-24)13-18-12-16-2-3-17(18)11-16/h2-5,10,16-18H,6-9,11-14H2,1H3/t16?,17?,18-/m0/s1. The number of allylic oxidation sites excluding steroid dienone is 2. The van der Waals surface area contributed by atoms with Crippen LogP contribution in [0.1, 0.15) is 18.4 Å². The van der Waals surface area contributed by atoms with Gasteiger partial charge < -0.3 is 9.64 Å². The number of rotatable bonds is 5. The normalized spacial score (nSPS) is 27.9. The first-order valence-corrected chi connectivity index (χ1v) is 10.4. The van der Waals surface area contributed by atoms with Gasteiger partial charge in [-0.25, -0.2) is 0 Å². The van der Waals surface area contributed by atoms with Gasteiger partial charge in [-0.15, -0.1) is 0 Å². The van der Waals surface area contributed by atoms with Crippen LogP contribution in [0.15, 0.2) is 34.8 Å². The first-order valence-electron chi connectivity index (χ1n) is 9.66. The van der Waals surface area contributed by atoms with E-state index >= 15 is 0 Å². The summed E-state index contributed by atoms with van der Waals surface area (Å²) in [5.74, 6) is 3.35. The molecule has 2 bridgehead atoms. The number of halogens is 1. The van der Waals surface area contributed by atoms with Crippen molar-refractivity contribution in [1.82, 2.24) is 9.80 Å². The second kappa shape index (κ2) is 7.73. The van der Waals surface area contributed by atoms with Crippen LogP contribution in [0, 0.1) is 24.7 Å². The summed E-state index contributed by atoms with van der Waals surface area (Å²) in [5.41, 5.74) is 1.04. The van der Waals surface area contributed by atoms with Crippen molar-refractivity contribution in [1.29, 1.82) is 0 Å². The zero-order valence-electron chi connectivity index (χ0n) is 15.4. The Balaban J connectivity index is 1.21. The van der Waals surface area contributed by atoms with Gasteiger partial charge in [0.05, 0.1) is 0 Å². The highest BCUT2D eigenvalue weighted by atomic mass is 79.9. The van der Waals surface area contributed by atoms with Gasteiger partial charge in [0.2, 0.25) is 0 Å². The topological polar surface area (TPSA) is 32.8 Å². The summed E-state index contributed by atoms with van der Waals surface area (Å²) in [7, 11) is 0. The van der Waals surface area contributed by atoms with E-state index in [0.29, 0.717) is 0 Å². The van der Waals surface area contributed by atoms with Crippen molar-refractivity contribution in [2.75, 3.05) is 39.3 Å². The third-order valence-electron chi connectivity index (χ3n) is 6.12. The number of carbonyl (C=O) groups excluding carboxylic acids is 1. The number of benzene rings is 1. The molecule has 0 N–H and O–H groups in total. The van der Waals surface area contributed by atoms with Crippen LogP contribution in [0.2, 0.25) is 0 Å². The number of hydrogen-bond donors (Lipinski definition) is 0. The van der Waals surface area contributed by atoms with Crippen molar-refractivity contribution >= 4 is 21.8 Å². The van der Waals surface area contributed by atoms with Gasteiger partial charge in [-0.2, -0.15) is 0 Å². The minimum Gasteiger partial charge on any atom is -0.483 e. The molecule has 2 fully saturated rings. The number of aryl methyl sites for hydroxylation is 1. The maximum absolute atomic E-state index is 12.5. The molecule has 1 aromatic rings. The lowest BCUT2D eigenvalue weighted by Crippen LogP contribution is -2.51. The van der Waals surface area contributed by atoms with Crippen LogP contribution >= 0.6 is 15.9 Å². The van der Waals surface area contributed by atoms with E-state index in [9.17, 15) is 4.79 Å². The van der Waals surface area contributed by atoms with Crippen molar-refractivity contribution in [2.24, 2.45) is 17.8 Å². The number of carbonyl (C=O) groups is 1. The van der Waals surface area contributed by atoms with Crippen molar-refractivity contribution < 1.29 is 9.53 Å². The van der Waals surface area contributed by atoms with Crippen LogP contribution < -0.4 is 4.74 Å². The molecule has 26 heavy (non-hydrogen) atoms. The van der Waals surface area contributed by atoms with E-state index in [1.165, 1.54) is 19.4 Å². The first kappa shape index (κ1) is 18.1. The van der Waals surface area contributed by atoms with Crippen LogP contribution in [0.4, 0.5) is 0 Å². The van der Waals surface area contributed by atoms with E-state index in [1.807, 2.05) is 30.0 Å². The third-order valence-corrected chi connectivity index (χ3v) is 6.62. The molecule has 4 nitrogen and oxygen atoms in total. The van der Waals surface area contributed by atoms with Crippen LogP contribution in [0.5, 0.6) is 5.75 Å². The van der Waals surface area contributed by atoms with Crippen molar-refractivity contribution in [3.05, 3.63) is 40.4 Å². The molecule has 4 rings (SSSR count). The Bertz CT molecular complexity index is 697. The van der Waals surface area contributed by atoms with Gasteiger partial charge in [-0.05, 0) is 61.3 Å². The molecule has 0 spiro atoms. The number of hydrogen-bond acceptors (Lipinski definition) is 3. The van der Waals surface area contributed by atoms with Crippen LogP contribution in [0.25, 0.3) is 0 Å². The second-order valence-electron chi connectivity index (χ2n) is 7.92. The summed E-state index contributed by atoms with van der Waals surface area (Å²) in [6, 6.07) is 5.86. The summed E-state index contributed by atoms with van der Waals surface area (Å²) in [5, 5.41) is 0. The Morgan fingerprint density at radius 3 is 2.65 bits per heavy atom. The monoisotopic (exact) mass is 418 g/mol. The number of fused-ring (bicyclic) bond motifs is 2.